The molecule has 4 nitrogen and oxygen atoms in total. The number of rotatable bonds is 6. The van der Waals surface area contributed by atoms with Crippen LogP contribution in [0.15, 0.2) is 0 Å². The van der Waals surface area contributed by atoms with Gasteiger partial charge in [-0.05, 0) is 13.3 Å². The minimum Gasteiger partial charge on any atom is -0.477 e. The number of aryl methyl sites for hydroxylation is 1. The number of hydrogen-bond acceptors (Lipinski definition) is 4. The largest absolute Gasteiger partial charge is 0.477 e. The molecule has 1 aromatic rings. The molecule has 1 rings (SSSR count). The molecule has 1 heterocycles. The van der Waals surface area contributed by atoms with E-state index in [1.54, 1.807) is 0 Å². The van der Waals surface area contributed by atoms with E-state index < -0.39 is 0 Å². The first-order valence-corrected chi connectivity index (χ1v) is 5.83. The van der Waals surface area contributed by atoms with Gasteiger partial charge >= 0.3 is 0 Å². The number of aromatic nitrogens is 2. The zero-order valence-corrected chi connectivity index (χ0v) is 10.4. The summed E-state index contributed by atoms with van der Waals surface area (Å²) in [7, 11) is 0. The third kappa shape index (κ3) is 3.61. The summed E-state index contributed by atoms with van der Waals surface area (Å²) in [6.07, 6.45) is 2.34. The zero-order chi connectivity index (χ0) is 12.0. The summed E-state index contributed by atoms with van der Waals surface area (Å²) in [5.74, 6) is 1.23. The highest BCUT2D eigenvalue weighted by atomic mass is 35.5. The first-order chi connectivity index (χ1) is 7.69. The quantitative estimate of drug-likeness (QED) is 0.615. The van der Waals surface area contributed by atoms with Crippen molar-refractivity contribution in [2.24, 2.45) is 0 Å². The molecule has 0 spiro atoms. The Morgan fingerprint density at radius 1 is 1.38 bits per heavy atom. The Bertz CT molecular complexity index is 345. The van der Waals surface area contributed by atoms with E-state index >= 15 is 0 Å². The molecule has 0 bridgehead atoms. The van der Waals surface area contributed by atoms with Crippen LogP contribution in [0.3, 0.4) is 0 Å². The third-order valence-corrected chi connectivity index (χ3v) is 2.47. The van der Waals surface area contributed by atoms with Crippen molar-refractivity contribution >= 4 is 11.6 Å². The predicted molar refractivity (Wildman–Crippen MR) is 63.0 cm³/mol. The molecular weight excluding hydrogens is 228 g/mol. The van der Waals surface area contributed by atoms with Gasteiger partial charge in [0, 0.05) is 25.0 Å². The van der Waals surface area contributed by atoms with Crippen molar-refractivity contribution in [3.8, 4) is 5.88 Å². The van der Waals surface area contributed by atoms with Gasteiger partial charge in [-0.2, -0.15) is 4.98 Å². The molecule has 0 atom stereocenters. The van der Waals surface area contributed by atoms with Gasteiger partial charge in [-0.15, -0.1) is 0 Å². The second-order valence-corrected chi connectivity index (χ2v) is 3.89. The fourth-order valence-electron chi connectivity index (χ4n) is 1.22. The number of halogens is 1. The van der Waals surface area contributed by atoms with Crippen molar-refractivity contribution < 1.29 is 9.84 Å². The van der Waals surface area contributed by atoms with E-state index in [2.05, 4.69) is 16.9 Å². The Balaban J connectivity index is 2.79. The second kappa shape index (κ2) is 6.66. The zero-order valence-electron chi connectivity index (χ0n) is 9.66. The summed E-state index contributed by atoms with van der Waals surface area (Å²) in [5, 5.41) is 9.11. The number of hydrogen-bond donors (Lipinski definition) is 1. The molecule has 0 aromatic carbocycles. The Morgan fingerprint density at radius 3 is 2.75 bits per heavy atom. The van der Waals surface area contributed by atoms with Gasteiger partial charge in [0.2, 0.25) is 5.88 Å². The van der Waals surface area contributed by atoms with Crippen LogP contribution in [0.25, 0.3) is 0 Å². The summed E-state index contributed by atoms with van der Waals surface area (Å²) < 4.78 is 5.45. The first-order valence-electron chi connectivity index (χ1n) is 5.45. The molecule has 1 N–H and O–H groups in total. The highest BCUT2D eigenvalue weighted by Gasteiger charge is 2.09. The van der Waals surface area contributed by atoms with Crippen LogP contribution < -0.4 is 4.74 Å². The van der Waals surface area contributed by atoms with Gasteiger partial charge in [-0.1, -0.05) is 18.5 Å². The first kappa shape index (κ1) is 13.2. The summed E-state index contributed by atoms with van der Waals surface area (Å²) in [6, 6.07) is 0. The standard InChI is InChI=1S/C11H17ClN2O2/c1-3-5-9-13-10(12)8(2)11(14-9)16-7-4-6-15/h15H,3-7H2,1-2H3. The topological polar surface area (TPSA) is 55.2 Å². The molecule has 0 aliphatic carbocycles. The van der Waals surface area contributed by atoms with Gasteiger partial charge in [0.1, 0.15) is 11.0 Å². The second-order valence-electron chi connectivity index (χ2n) is 3.54. The average molecular weight is 245 g/mol. The van der Waals surface area contributed by atoms with Crippen molar-refractivity contribution in [2.45, 2.75) is 33.1 Å². The number of ether oxygens (including phenoxy) is 1. The molecule has 0 saturated heterocycles. The predicted octanol–water partition coefficient (Wildman–Crippen LogP) is 2.15. The highest BCUT2D eigenvalue weighted by molar-refractivity contribution is 6.30. The van der Waals surface area contributed by atoms with Gasteiger partial charge in [-0.3, -0.25) is 0 Å². The lowest BCUT2D eigenvalue weighted by atomic mass is 10.3. The fraction of sp³-hybridized carbons (Fsp3) is 0.636. The molecule has 1 aromatic heterocycles. The van der Waals surface area contributed by atoms with Crippen LogP contribution in [0.2, 0.25) is 5.15 Å². The van der Waals surface area contributed by atoms with E-state index in [9.17, 15) is 0 Å². The summed E-state index contributed by atoms with van der Waals surface area (Å²) in [6.45, 7) is 4.44. The number of aliphatic hydroxyl groups is 1. The molecule has 0 fully saturated rings. The van der Waals surface area contributed by atoms with Gasteiger partial charge in [0.15, 0.2) is 0 Å². The molecular formula is C11H17ClN2O2. The van der Waals surface area contributed by atoms with Crippen molar-refractivity contribution in [3.63, 3.8) is 0 Å². The van der Waals surface area contributed by atoms with Gasteiger partial charge in [0.05, 0.1) is 6.61 Å². The fourth-order valence-corrected chi connectivity index (χ4v) is 1.40. The molecule has 16 heavy (non-hydrogen) atoms. The number of aliphatic hydroxyl groups excluding tert-OH is 1. The molecule has 90 valence electrons. The normalized spacial score (nSPS) is 10.5. The number of nitrogens with zero attached hydrogens (tertiary/aromatic N) is 2. The van der Waals surface area contributed by atoms with Gasteiger partial charge in [-0.25, -0.2) is 4.98 Å². The molecule has 0 amide bonds. The van der Waals surface area contributed by atoms with E-state index in [0.717, 1.165) is 18.4 Å². The van der Waals surface area contributed by atoms with Crippen LogP contribution in [0.4, 0.5) is 0 Å². The van der Waals surface area contributed by atoms with Crippen LogP contribution in [-0.4, -0.2) is 28.3 Å². The molecule has 0 saturated carbocycles. The average Bonchev–Trinajstić information content (AvgIpc) is 2.25. The van der Waals surface area contributed by atoms with Crippen molar-refractivity contribution in [3.05, 3.63) is 16.5 Å². The van der Waals surface area contributed by atoms with Crippen LogP contribution in [0.1, 0.15) is 31.2 Å². The maximum absolute atomic E-state index is 8.67. The Morgan fingerprint density at radius 2 is 2.12 bits per heavy atom. The SMILES string of the molecule is CCCc1nc(Cl)c(C)c(OCCCO)n1. The van der Waals surface area contributed by atoms with E-state index in [1.807, 2.05) is 6.92 Å². The minimum absolute atomic E-state index is 0.111. The maximum atomic E-state index is 8.67. The van der Waals surface area contributed by atoms with Crippen LogP contribution in [0.5, 0.6) is 5.88 Å². The van der Waals surface area contributed by atoms with E-state index in [-0.39, 0.29) is 6.61 Å². The van der Waals surface area contributed by atoms with E-state index in [0.29, 0.717) is 29.9 Å². The highest BCUT2D eigenvalue weighted by Crippen LogP contribution is 2.22. The van der Waals surface area contributed by atoms with Gasteiger partial charge in [0.25, 0.3) is 0 Å². The smallest absolute Gasteiger partial charge is 0.221 e. The lowest BCUT2D eigenvalue weighted by molar-refractivity contribution is 0.228. The van der Waals surface area contributed by atoms with Crippen molar-refractivity contribution in [1.29, 1.82) is 0 Å². The van der Waals surface area contributed by atoms with E-state index in [1.165, 1.54) is 0 Å². The van der Waals surface area contributed by atoms with Crippen LogP contribution in [-0.2, 0) is 6.42 Å². The summed E-state index contributed by atoms with van der Waals surface area (Å²) in [4.78, 5) is 8.47. The lowest BCUT2D eigenvalue weighted by Gasteiger charge is -2.09. The van der Waals surface area contributed by atoms with Crippen LogP contribution >= 0.6 is 11.6 Å². The molecule has 5 heteroatoms. The van der Waals surface area contributed by atoms with Crippen molar-refractivity contribution in [1.82, 2.24) is 9.97 Å². The monoisotopic (exact) mass is 244 g/mol. The third-order valence-electron chi connectivity index (χ3n) is 2.10. The Hall–Kier alpha value is -0.870. The van der Waals surface area contributed by atoms with E-state index in [4.69, 9.17) is 21.4 Å². The summed E-state index contributed by atoms with van der Waals surface area (Å²) >= 11 is 5.99. The minimum atomic E-state index is 0.111. The molecule has 0 aliphatic rings. The maximum Gasteiger partial charge on any atom is 0.221 e. The van der Waals surface area contributed by atoms with Crippen molar-refractivity contribution in [2.75, 3.05) is 13.2 Å². The van der Waals surface area contributed by atoms with Crippen LogP contribution in [0, 0.1) is 6.92 Å². The Kier molecular flexibility index (Phi) is 5.49. The summed E-state index contributed by atoms with van der Waals surface area (Å²) in [5.41, 5.74) is 0.749. The lowest BCUT2D eigenvalue weighted by Crippen LogP contribution is -2.06. The molecule has 0 aliphatic heterocycles. The molecule has 0 radical (unpaired) electrons. The Labute approximate surface area is 101 Å². The molecule has 0 unspecified atom stereocenters. The van der Waals surface area contributed by atoms with Gasteiger partial charge < -0.3 is 9.84 Å².